The van der Waals surface area contributed by atoms with Crippen LogP contribution in [0, 0.1) is 0 Å². The van der Waals surface area contributed by atoms with Gasteiger partial charge in [0, 0.05) is 0 Å². The molecule has 140 valence electrons. The summed E-state index contributed by atoms with van der Waals surface area (Å²) in [6, 6.07) is 5.82. The number of ether oxygens (including phenoxy) is 1. The molecule has 0 aliphatic carbocycles. The molecule has 1 N–H and O–H groups in total. The zero-order valence-electron chi connectivity index (χ0n) is 13.2. The molecule has 0 aromatic carbocycles. The van der Waals surface area contributed by atoms with E-state index in [9.17, 15) is 26.7 Å². The summed E-state index contributed by atoms with van der Waals surface area (Å²) in [7, 11) is -8.14. The van der Waals surface area contributed by atoms with E-state index in [4.69, 9.17) is 13.6 Å². The Morgan fingerprint density at radius 3 is 2.08 bits per heavy atom. The standard InChI is InChI=1S/C15H14O9S2/c16-13-14(26(20,21)8-11-4-2-6-23-11)12(24-15(13)17)9-25(18,19)7-10-3-1-5-22-10/h1-6,12,16H,7-9H2. The van der Waals surface area contributed by atoms with E-state index in [-0.39, 0.29) is 11.5 Å². The molecule has 0 fully saturated rings. The second-order valence-corrected chi connectivity index (χ2v) is 9.65. The SMILES string of the molecule is O=C1OC(CS(=O)(=O)Cc2ccco2)C(S(=O)(=O)Cc2ccco2)=C1O. The molecule has 0 saturated carbocycles. The van der Waals surface area contributed by atoms with Gasteiger partial charge in [-0.25, -0.2) is 21.6 Å². The number of aliphatic hydroxyl groups excluding tert-OH is 1. The third-order valence-electron chi connectivity index (χ3n) is 3.56. The summed E-state index contributed by atoms with van der Waals surface area (Å²) in [5, 5.41) is 9.83. The highest BCUT2D eigenvalue weighted by Gasteiger charge is 2.44. The van der Waals surface area contributed by atoms with E-state index in [1.807, 2.05) is 0 Å². The molecule has 0 radical (unpaired) electrons. The summed E-state index contributed by atoms with van der Waals surface area (Å²) in [5.41, 5.74) is 0. The molecule has 11 heteroatoms. The van der Waals surface area contributed by atoms with E-state index in [1.54, 1.807) is 0 Å². The Kier molecular flexibility index (Phi) is 4.67. The molecule has 3 heterocycles. The maximum atomic E-state index is 12.5. The van der Waals surface area contributed by atoms with Crippen molar-refractivity contribution in [2.75, 3.05) is 5.75 Å². The van der Waals surface area contributed by atoms with Crippen LogP contribution in [0.15, 0.2) is 56.3 Å². The highest BCUT2D eigenvalue weighted by Crippen LogP contribution is 2.30. The number of hydrogen-bond acceptors (Lipinski definition) is 9. The number of aliphatic hydroxyl groups is 1. The van der Waals surface area contributed by atoms with E-state index in [1.165, 1.54) is 36.8 Å². The zero-order valence-corrected chi connectivity index (χ0v) is 14.8. The minimum absolute atomic E-state index is 0.0711. The van der Waals surface area contributed by atoms with Crippen LogP contribution in [0.1, 0.15) is 11.5 Å². The van der Waals surface area contributed by atoms with Crippen molar-refractivity contribution in [2.24, 2.45) is 0 Å². The smallest absolute Gasteiger partial charge is 0.375 e. The Bertz CT molecular complexity index is 1030. The first-order valence-corrected chi connectivity index (χ1v) is 10.8. The first-order valence-electron chi connectivity index (χ1n) is 7.30. The lowest BCUT2D eigenvalue weighted by molar-refractivity contribution is -0.141. The van der Waals surface area contributed by atoms with Crippen LogP contribution in [0.3, 0.4) is 0 Å². The molecule has 0 bridgehead atoms. The van der Waals surface area contributed by atoms with E-state index < -0.39 is 59.7 Å². The van der Waals surface area contributed by atoms with Crippen LogP contribution in [-0.2, 0) is 40.7 Å². The highest BCUT2D eigenvalue weighted by atomic mass is 32.2. The van der Waals surface area contributed by atoms with Gasteiger partial charge in [0.15, 0.2) is 25.8 Å². The summed E-state index contributed by atoms with van der Waals surface area (Å²) in [4.78, 5) is 10.9. The van der Waals surface area contributed by atoms with Crippen LogP contribution in [0.25, 0.3) is 0 Å². The van der Waals surface area contributed by atoms with Crippen LogP contribution in [0.5, 0.6) is 0 Å². The average molecular weight is 402 g/mol. The van der Waals surface area contributed by atoms with Crippen molar-refractivity contribution in [1.29, 1.82) is 0 Å². The molecule has 1 aliphatic heterocycles. The summed E-state index contributed by atoms with van der Waals surface area (Å²) < 4.78 is 64.4. The fraction of sp³-hybridized carbons (Fsp3) is 0.267. The predicted octanol–water partition coefficient (Wildman–Crippen LogP) is 1.10. The van der Waals surface area contributed by atoms with Gasteiger partial charge in [-0.2, -0.15) is 0 Å². The largest absolute Gasteiger partial charge is 0.501 e. The van der Waals surface area contributed by atoms with Crippen molar-refractivity contribution < 1.29 is 40.3 Å². The van der Waals surface area contributed by atoms with Gasteiger partial charge in [-0.3, -0.25) is 0 Å². The number of rotatable bonds is 7. The molecule has 3 rings (SSSR count). The Hall–Kier alpha value is -2.53. The van der Waals surface area contributed by atoms with Gasteiger partial charge < -0.3 is 18.7 Å². The number of furan rings is 2. The van der Waals surface area contributed by atoms with Crippen LogP contribution >= 0.6 is 0 Å². The minimum atomic E-state index is -4.25. The van der Waals surface area contributed by atoms with E-state index in [0.29, 0.717) is 0 Å². The van der Waals surface area contributed by atoms with Gasteiger partial charge in [0.1, 0.15) is 27.9 Å². The van der Waals surface area contributed by atoms with E-state index in [2.05, 4.69) is 0 Å². The molecule has 2 aromatic rings. The normalized spacial score (nSPS) is 18.3. The Morgan fingerprint density at radius 2 is 1.54 bits per heavy atom. The summed E-state index contributed by atoms with van der Waals surface area (Å²) in [6.45, 7) is 0. The van der Waals surface area contributed by atoms with Gasteiger partial charge in [0.2, 0.25) is 5.76 Å². The maximum absolute atomic E-state index is 12.5. The molecule has 1 atom stereocenters. The fourth-order valence-electron chi connectivity index (χ4n) is 2.51. The summed E-state index contributed by atoms with van der Waals surface area (Å²) in [5.74, 6) is -4.14. The molecular weight excluding hydrogens is 388 g/mol. The monoisotopic (exact) mass is 402 g/mol. The molecule has 0 saturated heterocycles. The third kappa shape index (κ3) is 3.83. The Balaban J connectivity index is 1.86. The number of carbonyl (C=O) groups is 1. The Morgan fingerprint density at radius 1 is 0.962 bits per heavy atom. The van der Waals surface area contributed by atoms with Crippen molar-refractivity contribution >= 4 is 25.6 Å². The van der Waals surface area contributed by atoms with Gasteiger partial charge >= 0.3 is 5.97 Å². The molecule has 1 aliphatic rings. The fourth-order valence-corrected chi connectivity index (χ4v) is 5.63. The summed E-state index contributed by atoms with van der Waals surface area (Å²) >= 11 is 0. The second kappa shape index (κ2) is 6.65. The molecule has 26 heavy (non-hydrogen) atoms. The van der Waals surface area contributed by atoms with E-state index >= 15 is 0 Å². The van der Waals surface area contributed by atoms with Crippen LogP contribution in [-0.4, -0.2) is 39.8 Å². The zero-order chi connectivity index (χ0) is 18.9. The molecule has 1 unspecified atom stereocenters. The van der Waals surface area contributed by atoms with Gasteiger partial charge in [-0.15, -0.1) is 0 Å². The second-order valence-electron chi connectivity index (χ2n) is 5.58. The van der Waals surface area contributed by atoms with Crippen molar-refractivity contribution in [2.45, 2.75) is 17.6 Å². The predicted molar refractivity (Wildman–Crippen MR) is 87.1 cm³/mol. The van der Waals surface area contributed by atoms with Crippen LogP contribution in [0.4, 0.5) is 0 Å². The lowest BCUT2D eigenvalue weighted by Gasteiger charge is -2.13. The van der Waals surface area contributed by atoms with Crippen molar-refractivity contribution in [3.63, 3.8) is 0 Å². The number of hydrogen-bond donors (Lipinski definition) is 1. The number of carbonyl (C=O) groups excluding carboxylic acids is 1. The number of esters is 1. The molecule has 2 aromatic heterocycles. The topological polar surface area (TPSA) is 141 Å². The van der Waals surface area contributed by atoms with Crippen molar-refractivity contribution in [3.8, 4) is 0 Å². The van der Waals surface area contributed by atoms with Gasteiger partial charge in [-0.1, -0.05) is 0 Å². The van der Waals surface area contributed by atoms with Crippen molar-refractivity contribution in [3.05, 3.63) is 59.0 Å². The van der Waals surface area contributed by atoms with E-state index in [0.717, 1.165) is 0 Å². The van der Waals surface area contributed by atoms with Crippen LogP contribution in [0.2, 0.25) is 0 Å². The maximum Gasteiger partial charge on any atom is 0.375 e. The lowest BCUT2D eigenvalue weighted by Crippen LogP contribution is -2.28. The first kappa shape index (κ1) is 18.3. The first-order chi connectivity index (χ1) is 12.2. The minimum Gasteiger partial charge on any atom is -0.501 e. The number of cyclic esters (lactones) is 1. The quantitative estimate of drug-likeness (QED) is 0.674. The molecule has 0 spiro atoms. The number of sulfone groups is 2. The van der Waals surface area contributed by atoms with Gasteiger partial charge in [-0.05, 0) is 24.3 Å². The molecular formula is C15H14O9S2. The van der Waals surface area contributed by atoms with Crippen molar-refractivity contribution in [1.82, 2.24) is 0 Å². The van der Waals surface area contributed by atoms with Gasteiger partial charge in [0.25, 0.3) is 0 Å². The highest BCUT2D eigenvalue weighted by molar-refractivity contribution is 7.94. The lowest BCUT2D eigenvalue weighted by atomic mass is 10.4. The van der Waals surface area contributed by atoms with Crippen LogP contribution < -0.4 is 0 Å². The third-order valence-corrected chi connectivity index (χ3v) is 6.89. The molecule has 0 amide bonds. The molecule has 9 nitrogen and oxygen atoms in total. The Labute approximate surface area is 148 Å². The van der Waals surface area contributed by atoms with Gasteiger partial charge in [0.05, 0.1) is 18.3 Å². The summed E-state index contributed by atoms with van der Waals surface area (Å²) in [6.07, 6.45) is 0.925. The average Bonchev–Trinajstić information content (AvgIpc) is 3.23.